The lowest BCUT2D eigenvalue weighted by molar-refractivity contribution is -0.121. The minimum Gasteiger partial charge on any atom is -0.454 e. The number of carbonyl (C=O) groups excluding carboxylic acids is 1. The van der Waals surface area contributed by atoms with Gasteiger partial charge in [-0.1, -0.05) is 17.7 Å². The molecule has 0 amide bonds. The van der Waals surface area contributed by atoms with E-state index >= 15 is 0 Å². The first-order valence-electron chi connectivity index (χ1n) is 6.23. The van der Waals surface area contributed by atoms with Gasteiger partial charge in [-0.05, 0) is 25.8 Å². The molecule has 1 N–H and O–H groups in total. The predicted molar refractivity (Wildman–Crippen MR) is 70.9 cm³/mol. The molecule has 1 aliphatic heterocycles. The Kier molecular flexibility index (Phi) is 3.90. The van der Waals surface area contributed by atoms with Gasteiger partial charge in [0.15, 0.2) is 17.3 Å². The molecule has 2 rings (SSSR count). The van der Waals surface area contributed by atoms with E-state index in [0.717, 1.165) is 5.57 Å². The fourth-order valence-electron chi connectivity index (χ4n) is 2.19. The Bertz CT molecular complexity index is 484. The largest absolute Gasteiger partial charge is 0.454 e. The zero-order valence-electron chi connectivity index (χ0n) is 11.0. The second-order valence-electron chi connectivity index (χ2n) is 4.85. The third-order valence-corrected chi connectivity index (χ3v) is 3.40. The van der Waals surface area contributed by atoms with Gasteiger partial charge in [-0.2, -0.15) is 0 Å². The van der Waals surface area contributed by atoms with Crippen molar-refractivity contribution in [3.05, 3.63) is 48.0 Å². The minimum atomic E-state index is -0.676. The topological polar surface area (TPSA) is 55.8 Å². The Morgan fingerprint density at radius 1 is 1.47 bits per heavy atom. The molecule has 0 aromatic rings. The number of hydrogen-bond donors (Lipinski definition) is 1. The van der Waals surface area contributed by atoms with E-state index in [1.165, 1.54) is 6.08 Å². The number of fused-ring (bicyclic) bond motifs is 1. The first-order valence-corrected chi connectivity index (χ1v) is 6.23. The van der Waals surface area contributed by atoms with Gasteiger partial charge >= 0.3 is 0 Å². The number of ether oxygens (including phenoxy) is 2. The maximum atomic E-state index is 12.4. The SMILES string of the molecule is C=CC[C@@]1(C/C=C(\C)CO)C=C2OCOC2=CC1=O. The van der Waals surface area contributed by atoms with Crippen molar-refractivity contribution in [2.75, 3.05) is 13.4 Å². The summed E-state index contributed by atoms with van der Waals surface area (Å²) >= 11 is 0. The van der Waals surface area contributed by atoms with E-state index < -0.39 is 5.41 Å². The first kappa shape index (κ1) is 13.6. The van der Waals surface area contributed by atoms with Gasteiger partial charge in [-0.15, -0.1) is 6.58 Å². The molecule has 0 unspecified atom stereocenters. The van der Waals surface area contributed by atoms with Crippen LogP contribution in [-0.4, -0.2) is 24.3 Å². The molecule has 1 saturated heterocycles. The second-order valence-corrected chi connectivity index (χ2v) is 4.85. The number of rotatable bonds is 5. The summed E-state index contributed by atoms with van der Waals surface area (Å²) in [5, 5.41) is 9.05. The van der Waals surface area contributed by atoms with Crippen LogP contribution in [0.1, 0.15) is 19.8 Å². The number of hydrogen-bond acceptors (Lipinski definition) is 4. The van der Waals surface area contributed by atoms with Crippen molar-refractivity contribution >= 4 is 5.78 Å². The molecule has 0 saturated carbocycles. The van der Waals surface area contributed by atoms with Crippen LogP contribution in [0.3, 0.4) is 0 Å². The monoisotopic (exact) mass is 262 g/mol. The summed E-state index contributed by atoms with van der Waals surface area (Å²) in [5.74, 6) is 1.11. The van der Waals surface area contributed by atoms with Gasteiger partial charge in [-0.25, -0.2) is 0 Å². The van der Waals surface area contributed by atoms with E-state index in [9.17, 15) is 4.79 Å². The molecule has 102 valence electrons. The summed E-state index contributed by atoms with van der Waals surface area (Å²) in [6.07, 6.45) is 7.96. The molecule has 4 nitrogen and oxygen atoms in total. The van der Waals surface area contributed by atoms with Crippen LogP contribution in [0.5, 0.6) is 0 Å². The molecule has 0 aromatic carbocycles. The molecule has 0 aromatic heterocycles. The summed E-state index contributed by atoms with van der Waals surface area (Å²) in [6.45, 7) is 5.70. The van der Waals surface area contributed by atoms with Gasteiger partial charge in [0.25, 0.3) is 0 Å². The highest BCUT2D eigenvalue weighted by Gasteiger charge is 2.39. The molecule has 1 fully saturated rings. The fourth-order valence-corrected chi connectivity index (χ4v) is 2.19. The van der Waals surface area contributed by atoms with Crippen molar-refractivity contribution in [3.8, 4) is 0 Å². The molecule has 1 aliphatic carbocycles. The van der Waals surface area contributed by atoms with Gasteiger partial charge in [-0.3, -0.25) is 4.79 Å². The molecule has 4 heteroatoms. The van der Waals surface area contributed by atoms with Gasteiger partial charge in [0.2, 0.25) is 6.79 Å². The average molecular weight is 262 g/mol. The third-order valence-electron chi connectivity index (χ3n) is 3.40. The molecule has 1 atom stereocenters. The summed E-state index contributed by atoms with van der Waals surface area (Å²) in [6, 6.07) is 0. The molecule has 19 heavy (non-hydrogen) atoms. The zero-order valence-corrected chi connectivity index (χ0v) is 11.0. The Morgan fingerprint density at radius 3 is 2.89 bits per heavy atom. The highest BCUT2D eigenvalue weighted by atomic mass is 16.7. The molecule has 2 aliphatic rings. The van der Waals surface area contributed by atoms with Crippen LogP contribution in [0.4, 0.5) is 0 Å². The number of aliphatic hydroxyl groups is 1. The quantitative estimate of drug-likeness (QED) is 0.772. The Balaban J connectivity index is 2.32. The Morgan fingerprint density at radius 2 is 2.21 bits per heavy atom. The maximum Gasteiger partial charge on any atom is 0.231 e. The highest BCUT2D eigenvalue weighted by molar-refractivity contribution is 5.99. The van der Waals surface area contributed by atoms with E-state index in [1.54, 1.807) is 6.08 Å². The molecular weight excluding hydrogens is 244 g/mol. The van der Waals surface area contributed by atoms with Crippen molar-refractivity contribution in [2.24, 2.45) is 5.41 Å². The molecule has 0 bridgehead atoms. The van der Waals surface area contributed by atoms with Gasteiger partial charge in [0.05, 0.1) is 12.0 Å². The third kappa shape index (κ3) is 2.63. The lowest BCUT2D eigenvalue weighted by Crippen LogP contribution is -2.30. The number of aliphatic hydroxyl groups excluding tert-OH is 1. The van der Waals surface area contributed by atoms with E-state index in [2.05, 4.69) is 6.58 Å². The molecule has 1 heterocycles. The van der Waals surface area contributed by atoms with Crippen molar-refractivity contribution in [1.82, 2.24) is 0 Å². The van der Waals surface area contributed by atoms with E-state index in [4.69, 9.17) is 14.6 Å². The minimum absolute atomic E-state index is 0.00433. The number of ketones is 1. The first-order chi connectivity index (χ1) is 9.11. The van der Waals surface area contributed by atoms with Crippen LogP contribution >= 0.6 is 0 Å². The number of allylic oxidation sites excluding steroid dienone is 4. The average Bonchev–Trinajstić information content (AvgIpc) is 2.83. The van der Waals surface area contributed by atoms with E-state index in [-0.39, 0.29) is 19.2 Å². The maximum absolute atomic E-state index is 12.4. The van der Waals surface area contributed by atoms with Crippen LogP contribution < -0.4 is 0 Å². The van der Waals surface area contributed by atoms with Crippen LogP contribution in [0, 0.1) is 5.41 Å². The molecular formula is C15H18O4. The van der Waals surface area contributed by atoms with E-state index in [1.807, 2.05) is 19.1 Å². The summed E-state index contributed by atoms with van der Waals surface area (Å²) in [5.41, 5.74) is 0.165. The van der Waals surface area contributed by atoms with E-state index in [0.29, 0.717) is 24.4 Å². The smallest absolute Gasteiger partial charge is 0.231 e. The highest BCUT2D eigenvalue weighted by Crippen LogP contribution is 2.40. The van der Waals surface area contributed by atoms with Crippen molar-refractivity contribution < 1.29 is 19.4 Å². The summed E-state index contributed by atoms with van der Waals surface area (Å²) < 4.78 is 10.6. The van der Waals surface area contributed by atoms with Crippen LogP contribution in [0.15, 0.2) is 48.0 Å². The van der Waals surface area contributed by atoms with Crippen LogP contribution in [-0.2, 0) is 14.3 Å². The fraction of sp³-hybridized carbons (Fsp3) is 0.400. The Hall–Kier alpha value is -1.81. The summed E-state index contributed by atoms with van der Waals surface area (Å²) in [7, 11) is 0. The van der Waals surface area contributed by atoms with Crippen molar-refractivity contribution in [1.29, 1.82) is 0 Å². The van der Waals surface area contributed by atoms with Gasteiger partial charge in [0.1, 0.15) is 0 Å². The molecule has 0 spiro atoms. The standard InChI is InChI=1S/C15H18O4/c1-3-5-15(6-4-11(2)9-16)8-13-12(7-14(15)17)18-10-19-13/h3-4,7-8,16H,1,5-6,9-10H2,2H3/b11-4+/t15-/m1/s1. The lowest BCUT2D eigenvalue weighted by Gasteiger charge is -2.28. The molecule has 0 radical (unpaired) electrons. The normalized spacial score (nSPS) is 26.0. The van der Waals surface area contributed by atoms with Crippen LogP contribution in [0.25, 0.3) is 0 Å². The van der Waals surface area contributed by atoms with Gasteiger partial charge < -0.3 is 14.6 Å². The number of carbonyl (C=O) groups is 1. The van der Waals surface area contributed by atoms with Crippen LogP contribution in [0.2, 0.25) is 0 Å². The van der Waals surface area contributed by atoms with Crippen molar-refractivity contribution in [3.63, 3.8) is 0 Å². The zero-order chi connectivity index (χ0) is 13.9. The summed E-state index contributed by atoms with van der Waals surface area (Å²) in [4.78, 5) is 12.4. The predicted octanol–water partition coefficient (Wildman–Crippen LogP) is 2.23. The second kappa shape index (κ2) is 5.45. The van der Waals surface area contributed by atoms with Gasteiger partial charge in [0, 0.05) is 6.08 Å². The van der Waals surface area contributed by atoms with Crippen molar-refractivity contribution in [2.45, 2.75) is 19.8 Å². The Labute approximate surface area is 112 Å². The lowest BCUT2D eigenvalue weighted by atomic mass is 9.74.